The molecule has 0 saturated carbocycles. The number of nitrogens with one attached hydrogen (secondary N) is 1. The van der Waals surface area contributed by atoms with E-state index in [2.05, 4.69) is 5.32 Å². The highest BCUT2D eigenvalue weighted by atomic mass is 32.2. The van der Waals surface area contributed by atoms with Gasteiger partial charge in [-0.15, -0.1) is 0 Å². The summed E-state index contributed by atoms with van der Waals surface area (Å²) in [6.45, 7) is 7.73. The molecule has 0 heterocycles. The van der Waals surface area contributed by atoms with Gasteiger partial charge in [-0.2, -0.15) is 0 Å². The van der Waals surface area contributed by atoms with Crippen molar-refractivity contribution in [1.82, 2.24) is 5.32 Å². The molecule has 0 radical (unpaired) electrons. The molecule has 0 fully saturated rings. The lowest BCUT2D eigenvalue weighted by Crippen LogP contribution is -2.46. The van der Waals surface area contributed by atoms with E-state index < -0.39 is 20.2 Å². The standard InChI is InChI=1S/C10H23NO3S/c1-6-10(4,12)8-11-7-9(2,3)15(5,13)14/h11-12H,6-8H2,1-5H3. The Balaban J connectivity index is 4.19. The molecule has 1 unspecified atom stereocenters. The number of hydrogen-bond donors (Lipinski definition) is 2. The van der Waals surface area contributed by atoms with Crippen LogP contribution in [0.4, 0.5) is 0 Å². The zero-order valence-electron chi connectivity index (χ0n) is 10.3. The molecule has 4 nitrogen and oxygen atoms in total. The van der Waals surface area contributed by atoms with E-state index in [0.29, 0.717) is 19.5 Å². The summed E-state index contributed by atoms with van der Waals surface area (Å²) in [6, 6.07) is 0. The van der Waals surface area contributed by atoms with Gasteiger partial charge in [0, 0.05) is 19.3 Å². The fraction of sp³-hybridized carbons (Fsp3) is 1.00. The third-order valence-corrected chi connectivity index (χ3v) is 4.97. The summed E-state index contributed by atoms with van der Waals surface area (Å²) in [7, 11) is -3.07. The summed E-state index contributed by atoms with van der Waals surface area (Å²) in [5, 5.41) is 12.7. The van der Waals surface area contributed by atoms with Gasteiger partial charge in [-0.25, -0.2) is 8.42 Å². The van der Waals surface area contributed by atoms with Crippen LogP contribution in [0.15, 0.2) is 0 Å². The predicted octanol–water partition coefficient (Wildman–Crippen LogP) is 0.560. The molecule has 0 aliphatic rings. The minimum atomic E-state index is -3.07. The molecule has 0 spiro atoms. The second-order valence-electron chi connectivity index (χ2n) is 4.99. The average molecular weight is 237 g/mol. The normalized spacial score (nSPS) is 17.5. The Kier molecular flexibility index (Phi) is 4.76. The van der Waals surface area contributed by atoms with Gasteiger partial charge in [0.25, 0.3) is 0 Å². The maximum atomic E-state index is 11.4. The number of aliphatic hydroxyl groups is 1. The van der Waals surface area contributed by atoms with Gasteiger partial charge in [-0.05, 0) is 27.2 Å². The molecular weight excluding hydrogens is 214 g/mol. The zero-order chi connectivity index (χ0) is 12.3. The molecule has 0 aromatic carbocycles. The van der Waals surface area contributed by atoms with Crippen LogP contribution in [0.2, 0.25) is 0 Å². The smallest absolute Gasteiger partial charge is 0.153 e. The van der Waals surface area contributed by atoms with Gasteiger partial charge < -0.3 is 10.4 Å². The largest absolute Gasteiger partial charge is 0.389 e. The summed E-state index contributed by atoms with van der Waals surface area (Å²) in [4.78, 5) is 0. The highest BCUT2D eigenvalue weighted by Gasteiger charge is 2.30. The quantitative estimate of drug-likeness (QED) is 0.708. The minimum absolute atomic E-state index is 0.349. The molecule has 5 heteroatoms. The minimum Gasteiger partial charge on any atom is -0.389 e. The second kappa shape index (κ2) is 4.80. The first-order valence-corrected chi connectivity index (χ1v) is 7.04. The van der Waals surface area contributed by atoms with Gasteiger partial charge in [0.05, 0.1) is 10.3 Å². The summed E-state index contributed by atoms with van der Waals surface area (Å²) >= 11 is 0. The summed E-state index contributed by atoms with van der Waals surface area (Å²) in [6.07, 6.45) is 1.87. The van der Waals surface area contributed by atoms with Crippen molar-refractivity contribution >= 4 is 9.84 Å². The average Bonchev–Trinajstić information content (AvgIpc) is 2.01. The van der Waals surface area contributed by atoms with E-state index in [4.69, 9.17) is 0 Å². The Morgan fingerprint density at radius 2 is 1.67 bits per heavy atom. The lowest BCUT2D eigenvalue weighted by atomic mass is 10.0. The Hall–Kier alpha value is -0.130. The monoisotopic (exact) mass is 237 g/mol. The molecule has 0 saturated heterocycles. The Morgan fingerprint density at radius 3 is 2.00 bits per heavy atom. The molecule has 92 valence electrons. The van der Waals surface area contributed by atoms with Gasteiger partial charge in [-0.1, -0.05) is 6.92 Å². The number of hydrogen-bond acceptors (Lipinski definition) is 4. The van der Waals surface area contributed by atoms with E-state index in [1.54, 1.807) is 20.8 Å². The molecule has 0 aromatic heterocycles. The van der Waals surface area contributed by atoms with Crippen LogP contribution in [-0.4, -0.2) is 43.2 Å². The zero-order valence-corrected chi connectivity index (χ0v) is 11.1. The number of rotatable bonds is 6. The fourth-order valence-corrected chi connectivity index (χ4v) is 1.25. The Bertz CT molecular complexity index is 294. The summed E-state index contributed by atoms with van der Waals surface area (Å²) < 4.78 is 22.0. The Morgan fingerprint density at radius 1 is 1.20 bits per heavy atom. The van der Waals surface area contributed by atoms with E-state index in [1.165, 1.54) is 6.26 Å². The van der Waals surface area contributed by atoms with Crippen molar-refractivity contribution in [2.75, 3.05) is 19.3 Å². The molecule has 0 aliphatic carbocycles. The molecule has 0 amide bonds. The molecule has 0 rings (SSSR count). The lowest BCUT2D eigenvalue weighted by molar-refractivity contribution is 0.0555. The molecule has 0 bridgehead atoms. The van der Waals surface area contributed by atoms with E-state index >= 15 is 0 Å². The topological polar surface area (TPSA) is 66.4 Å². The van der Waals surface area contributed by atoms with Crippen molar-refractivity contribution in [3.63, 3.8) is 0 Å². The summed E-state index contributed by atoms with van der Waals surface area (Å²) in [5.41, 5.74) is -0.770. The van der Waals surface area contributed by atoms with E-state index in [1.807, 2.05) is 6.92 Å². The van der Waals surface area contributed by atoms with Crippen molar-refractivity contribution in [2.24, 2.45) is 0 Å². The third-order valence-electron chi connectivity index (χ3n) is 2.82. The molecule has 0 aromatic rings. The molecule has 0 aliphatic heterocycles. The van der Waals surface area contributed by atoms with Gasteiger partial charge >= 0.3 is 0 Å². The van der Waals surface area contributed by atoms with Crippen LogP contribution in [0.3, 0.4) is 0 Å². The molecule has 1 atom stereocenters. The lowest BCUT2D eigenvalue weighted by Gasteiger charge is -2.27. The van der Waals surface area contributed by atoms with Crippen LogP contribution < -0.4 is 5.32 Å². The third kappa shape index (κ3) is 4.95. The highest BCUT2D eigenvalue weighted by Crippen LogP contribution is 2.14. The SMILES string of the molecule is CCC(C)(O)CNCC(C)(C)S(C)(=O)=O. The first-order valence-electron chi connectivity index (χ1n) is 5.14. The second-order valence-corrected chi connectivity index (χ2v) is 7.64. The first-order chi connectivity index (χ1) is 6.52. The molecule has 15 heavy (non-hydrogen) atoms. The van der Waals surface area contributed by atoms with Crippen LogP contribution in [-0.2, 0) is 9.84 Å². The number of sulfone groups is 1. The van der Waals surface area contributed by atoms with Crippen molar-refractivity contribution in [3.8, 4) is 0 Å². The molecule has 2 N–H and O–H groups in total. The summed E-state index contributed by atoms with van der Waals surface area (Å²) in [5.74, 6) is 0. The van der Waals surface area contributed by atoms with Crippen LogP contribution in [0.1, 0.15) is 34.1 Å². The van der Waals surface area contributed by atoms with Crippen LogP contribution in [0.25, 0.3) is 0 Å². The van der Waals surface area contributed by atoms with Crippen molar-refractivity contribution in [1.29, 1.82) is 0 Å². The van der Waals surface area contributed by atoms with Crippen molar-refractivity contribution in [2.45, 2.75) is 44.5 Å². The van der Waals surface area contributed by atoms with Crippen LogP contribution in [0, 0.1) is 0 Å². The Labute approximate surface area is 93.0 Å². The fourth-order valence-electron chi connectivity index (χ4n) is 0.889. The highest BCUT2D eigenvalue weighted by molar-refractivity contribution is 7.92. The van der Waals surface area contributed by atoms with Gasteiger partial charge in [0.2, 0.25) is 0 Å². The van der Waals surface area contributed by atoms with Gasteiger partial charge in [0.1, 0.15) is 0 Å². The van der Waals surface area contributed by atoms with E-state index in [9.17, 15) is 13.5 Å². The van der Waals surface area contributed by atoms with Crippen molar-refractivity contribution in [3.05, 3.63) is 0 Å². The first kappa shape index (κ1) is 14.9. The van der Waals surface area contributed by atoms with E-state index in [-0.39, 0.29) is 0 Å². The van der Waals surface area contributed by atoms with Crippen LogP contribution >= 0.6 is 0 Å². The predicted molar refractivity (Wildman–Crippen MR) is 62.7 cm³/mol. The molecular formula is C10H23NO3S. The maximum absolute atomic E-state index is 11.4. The van der Waals surface area contributed by atoms with E-state index in [0.717, 1.165) is 0 Å². The maximum Gasteiger partial charge on any atom is 0.153 e. The van der Waals surface area contributed by atoms with Crippen molar-refractivity contribution < 1.29 is 13.5 Å². The van der Waals surface area contributed by atoms with Crippen LogP contribution in [0.5, 0.6) is 0 Å². The van der Waals surface area contributed by atoms with Gasteiger partial charge in [0.15, 0.2) is 9.84 Å². The van der Waals surface area contributed by atoms with Gasteiger partial charge in [-0.3, -0.25) is 0 Å².